The number of hydrogen-bond acceptors (Lipinski definition) is 4. The van der Waals surface area contributed by atoms with Gasteiger partial charge in [0.05, 0.1) is 24.8 Å². The Kier molecular flexibility index (Phi) is 4.07. The second-order valence-corrected chi connectivity index (χ2v) is 6.01. The van der Waals surface area contributed by atoms with E-state index < -0.39 is 0 Å². The maximum absolute atomic E-state index is 13.0. The molecule has 4 rings (SSSR count). The number of imidazole rings is 1. The van der Waals surface area contributed by atoms with Crippen LogP contribution < -0.4 is 0 Å². The van der Waals surface area contributed by atoms with Crippen molar-refractivity contribution in [2.75, 3.05) is 19.8 Å². The number of carbonyl (C=O) groups excluding carboxylic acids is 1. The first kappa shape index (κ1) is 15.6. The molecule has 0 radical (unpaired) electrons. The number of aryl methyl sites for hydroxylation is 1. The van der Waals surface area contributed by atoms with Crippen molar-refractivity contribution in [3.8, 4) is 5.82 Å². The third-order valence-corrected chi connectivity index (χ3v) is 4.48. The lowest BCUT2D eigenvalue weighted by Crippen LogP contribution is -2.44. The Morgan fingerprint density at radius 2 is 2.20 bits per heavy atom. The van der Waals surface area contributed by atoms with Gasteiger partial charge < -0.3 is 14.2 Å². The van der Waals surface area contributed by atoms with E-state index in [0.29, 0.717) is 25.3 Å². The molecule has 3 aromatic heterocycles. The number of aromatic nitrogens is 4. The fourth-order valence-electron chi connectivity index (χ4n) is 3.14. The Bertz CT molecular complexity index is 854. The molecular weight excluding hydrogens is 318 g/mol. The Labute approximate surface area is 145 Å². The average molecular weight is 337 g/mol. The van der Waals surface area contributed by atoms with Crippen LogP contribution in [0.25, 0.3) is 5.82 Å². The van der Waals surface area contributed by atoms with Gasteiger partial charge in [-0.1, -0.05) is 0 Å². The summed E-state index contributed by atoms with van der Waals surface area (Å²) < 4.78 is 9.44. The summed E-state index contributed by atoms with van der Waals surface area (Å²) in [6.45, 7) is 1.62. The van der Waals surface area contributed by atoms with Gasteiger partial charge in [-0.05, 0) is 24.3 Å². The van der Waals surface area contributed by atoms with Gasteiger partial charge >= 0.3 is 0 Å². The van der Waals surface area contributed by atoms with Gasteiger partial charge in [0.1, 0.15) is 12.1 Å². The molecule has 1 fully saturated rings. The number of amides is 1. The molecule has 0 unspecified atom stereocenters. The molecule has 4 heterocycles. The second kappa shape index (κ2) is 6.52. The lowest BCUT2D eigenvalue weighted by atomic mass is 10.1. The number of morpholine rings is 1. The SMILES string of the molecule is Cn1cccc1[C@H]1COCCN1C(=O)c1ccc(-n2ccnc2)nc1. The predicted molar refractivity (Wildman–Crippen MR) is 91.4 cm³/mol. The minimum Gasteiger partial charge on any atom is -0.377 e. The molecule has 1 saturated heterocycles. The maximum Gasteiger partial charge on any atom is 0.256 e. The first-order valence-corrected chi connectivity index (χ1v) is 8.18. The van der Waals surface area contributed by atoms with E-state index in [-0.39, 0.29) is 11.9 Å². The van der Waals surface area contributed by atoms with Crippen molar-refractivity contribution in [2.45, 2.75) is 6.04 Å². The van der Waals surface area contributed by atoms with Gasteiger partial charge in [-0.25, -0.2) is 9.97 Å². The lowest BCUT2D eigenvalue weighted by Gasteiger charge is -2.36. The van der Waals surface area contributed by atoms with Crippen molar-refractivity contribution in [1.29, 1.82) is 0 Å². The highest BCUT2D eigenvalue weighted by atomic mass is 16.5. The Morgan fingerprint density at radius 3 is 2.88 bits per heavy atom. The van der Waals surface area contributed by atoms with E-state index in [4.69, 9.17) is 4.74 Å². The first-order chi connectivity index (χ1) is 12.2. The fraction of sp³-hybridized carbons (Fsp3) is 0.278. The molecule has 25 heavy (non-hydrogen) atoms. The number of nitrogens with zero attached hydrogens (tertiary/aromatic N) is 5. The molecule has 0 aromatic carbocycles. The summed E-state index contributed by atoms with van der Waals surface area (Å²) in [5.41, 5.74) is 1.64. The quantitative estimate of drug-likeness (QED) is 0.731. The van der Waals surface area contributed by atoms with E-state index >= 15 is 0 Å². The van der Waals surface area contributed by atoms with Crippen LogP contribution in [0.15, 0.2) is 55.4 Å². The average Bonchev–Trinajstić information content (AvgIpc) is 3.33. The van der Waals surface area contributed by atoms with E-state index in [1.54, 1.807) is 23.3 Å². The highest BCUT2D eigenvalue weighted by molar-refractivity contribution is 5.94. The van der Waals surface area contributed by atoms with Crippen LogP contribution in [0.3, 0.4) is 0 Å². The number of carbonyl (C=O) groups is 1. The van der Waals surface area contributed by atoms with Gasteiger partial charge in [-0.3, -0.25) is 9.36 Å². The Morgan fingerprint density at radius 1 is 1.28 bits per heavy atom. The van der Waals surface area contributed by atoms with Crippen LogP contribution in [-0.4, -0.2) is 49.7 Å². The molecule has 7 heteroatoms. The van der Waals surface area contributed by atoms with E-state index in [0.717, 1.165) is 11.5 Å². The van der Waals surface area contributed by atoms with E-state index in [2.05, 4.69) is 9.97 Å². The zero-order valence-corrected chi connectivity index (χ0v) is 13.9. The Balaban J connectivity index is 1.59. The van der Waals surface area contributed by atoms with Crippen molar-refractivity contribution < 1.29 is 9.53 Å². The molecule has 7 nitrogen and oxygen atoms in total. The van der Waals surface area contributed by atoms with Crippen LogP contribution in [-0.2, 0) is 11.8 Å². The van der Waals surface area contributed by atoms with E-state index in [9.17, 15) is 4.79 Å². The number of ether oxygens (including phenoxy) is 1. The molecule has 1 aliphatic heterocycles. The highest BCUT2D eigenvalue weighted by Gasteiger charge is 2.30. The summed E-state index contributed by atoms with van der Waals surface area (Å²) in [7, 11) is 1.98. The summed E-state index contributed by atoms with van der Waals surface area (Å²) in [5.74, 6) is 0.703. The smallest absolute Gasteiger partial charge is 0.256 e. The van der Waals surface area contributed by atoms with Crippen molar-refractivity contribution >= 4 is 5.91 Å². The lowest BCUT2D eigenvalue weighted by molar-refractivity contribution is -0.00465. The minimum atomic E-state index is -0.0884. The van der Waals surface area contributed by atoms with Gasteiger partial charge in [0.2, 0.25) is 0 Å². The van der Waals surface area contributed by atoms with Gasteiger partial charge in [-0.2, -0.15) is 0 Å². The molecule has 0 bridgehead atoms. The molecule has 1 atom stereocenters. The number of rotatable bonds is 3. The number of hydrogen-bond donors (Lipinski definition) is 0. The zero-order valence-electron chi connectivity index (χ0n) is 13.9. The molecule has 128 valence electrons. The van der Waals surface area contributed by atoms with Crippen molar-refractivity contribution in [3.63, 3.8) is 0 Å². The third-order valence-electron chi connectivity index (χ3n) is 4.48. The largest absolute Gasteiger partial charge is 0.377 e. The Hall–Kier alpha value is -2.93. The van der Waals surface area contributed by atoms with Crippen molar-refractivity contribution in [3.05, 3.63) is 66.6 Å². The van der Waals surface area contributed by atoms with E-state index in [1.165, 1.54) is 0 Å². The van der Waals surface area contributed by atoms with Gasteiger partial charge in [0.15, 0.2) is 0 Å². The monoisotopic (exact) mass is 337 g/mol. The molecule has 1 amide bonds. The van der Waals surface area contributed by atoms with Crippen LogP contribution in [0.1, 0.15) is 22.1 Å². The summed E-state index contributed by atoms with van der Waals surface area (Å²) in [6, 6.07) is 7.55. The molecular formula is C18H19N5O2. The maximum atomic E-state index is 13.0. The molecule has 0 spiro atoms. The fourth-order valence-corrected chi connectivity index (χ4v) is 3.14. The summed E-state index contributed by atoms with van der Waals surface area (Å²) in [5, 5.41) is 0. The molecule has 0 saturated carbocycles. The van der Waals surface area contributed by atoms with Crippen molar-refractivity contribution in [2.24, 2.45) is 7.05 Å². The van der Waals surface area contributed by atoms with Crippen LogP contribution in [0.2, 0.25) is 0 Å². The number of pyridine rings is 1. The normalized spacial score (nSPS) is 17.6. The topological polar surface area (TPSA) is 65.2 Å². The second-order valence-electron chi connectivity index (χ2n) is 6.01. The van der Waals surface area contributed by atoms with Gasteiger partial charge in [0, 0.05) is 44.1 Å². The molecule has 0 N–H and O–H groups in total. The molecule has 0 aliphatic carbocycles. The summed E-state index contributed by atoms with van der Waals surface area (Å²) in [4.78, 5) is 23.3. The van der Waals surface area contributed by atoms with Gasteiger partial charge in [-0.15, -0.1) is 0 Å². The van der Waals surface area contributed by atoms with Crippen LogP contribution in [0, 0.1) is 0 Å². The summed E-state index contributed by atoms with van der Waals surface area (Å²) >= 11 is 0. The predicted octanol–water partition coefficient (Wildman–Crippen LogP) is 1.82. The van der Waals surface area contributed by atoms with E-state index in [1.807, 2.05) is 53.2 Å². The summed E-state index contributed by atoms with van der Waals surface area (Å²) in [6.07, 6.45) is 8.79. The van der Waals surface area contributed by atoms with Crippen LogP contribution >= 0.6 is 0 Å². The molecule has 3 aromatic rings. The van der Waals surface area contributed by atoms with Gasteiger partial charge in [0.25, 0.3) is 5.91 Å². The first-order valence-electron chi connectivity index (χ1n) is 8.18. The standard InChI is InChI=1S/C18H19N5O2/c1-21-7-2-3-15(21)16-12-25-10-9-23(16)18(24)14-4-5-17(20-11-14)22-8-6-19-13-22/h2-8,11,13,16H,9-10,12H2,1H3/t16-/m1/s1. The van der Waals surface area contributed by atoms with Crippen molar-refractivity contribution in [1.82, 2.24) is 24.0 Å². The molecule has 1 aliphatic rings. The highest BCUT2D eigenvalue weighted by Crippen LogP contribution is 2.26. The zero-order chi connectivity index (χ0) is 17.2. The van der Waals surface area contributed by atoms with Crippen LogP contribution in [0.4, 0.5) is 0 Å². The minimum absolute atomic E-state index is 0.0285. The van der Waals surface area contributed by atoms with Crippen LogP contribution in [0.5, 0.6) is 0 Å². The third kappa shape index (κ3) is 2.94.